The summed E-state index contributed by atoms with van der Waals surface area (Å²) in [6.07, 6.45) is -2.52. The molecule has 1 aliphatic carbocycles. The van der Waals surface area contributed by atoms with Crippen molar-refractivity contribution < 1.29 is 22.8 Å². The number of aromatic nitrogens is 3. The number of hydrogen-bond acceptors (Lipinski definition) is 5. The number of nitrogens with two attached hydrogens (primary N) is 1. The summed E-state index contributed by atoms with van der Waals surface area (Å²) in [4.78, 5) is 30.5. The molecule has 2 amide bonds. The molecule has 0 aliphatic heterocycles. The summed E-state index contributed by atoms with van der Waals surface area (Å²) < 4.78 is 42.3. The number of benzene rings is 1. The van der Waals surface area contributed by atoms with Gasteiger partial charge < -0.3 is 11.1 Å². The predicted octanol–water partition coefficient (Wildman–Crippen LogP) is 5.61. The highest BCUT2D eigenvalue weighted by atomic mass is 35.5. The molecule has 0 unspecified atom stereocenters. The molecule has 0 saturated heterocycles. The fourth-order valence-corrected chi connectivity index (χ4v) is 6.01. The number of primary amides is 1. The molecule has 0 spiro atoms. The molecular formula is C24H19ClF3N5O2S. The van der Waals surface area contributed by atoms with Crippen molar-refractivity contribution in [3.05, 3.63) is 68.8 Å². The average Bonchev–Trinajstić information content (AvgIpc) is 3.35. The molecule has 0 fully saturated rings. The van der Waals surface area contributed by atoms with Gasteiger partial charge in [0.25, 0.3) is 11.8 Å². The number of carbonyl (C=O) groups excluding carboxylic acids is 2. The number of fused-ring (bicyclic) bond motifs is 2. The highest BCUT2D eigenvalue weighted by Crippen LogP contribution is 2.40. The van der Waals surface area contributed by atoms with Crippen LogP contribution in [0.4, 0.5) is 18.2 Å². The fourth-order valence-electron chi connectivity index (χ4n) is 4.36. The average molecular weight is 534 g/mol. The SMILES string of the molecule is C[C@@H]1CCc2c(sc(NC(=O)c3nn4c(C(F)(F)F)cc(-c5ccccc5)nc4c3Cl)c2C(N)=O)C1. The van der Waals surface area contributed by atoms with Crippen LogP contribution in [-0.4, -0.2) is 26.4 Å². The Labute approximate surface area is 212 Å². The van der Waals surface area contributed by atoms with Crippen molar-refractivity contribution in [2.24, 2.45) is 11.7 Å². The van der Waals surface area contributed by atoms with Crippen LogP contribution in [0.3, 0.4) is 0 Å². The zero-order valence-corrected chi connectivity index (χ0v) is 20.4. The van der Waals surface area contributed by atoms with Crippen molar-refractivity contribution in [1.82, 2.24) is 14.6 Å². The third-order valence-electron chi connectivity index (χ3n) is 6.09. The Morgan fingerprint density at radius 2 is 1.97 bits per heavy atom. The first-order chi connectivity index (χ1) is 17.0. The Morgan fingerprint density at radius 3 is 2.64 bits per heavy atom. The number of nitrogens with zero attached hydrogens (tertiary/aromatic N) is 3. The van der Waals surface area contributed by atoms with Gasteiger partial charge in [-0.3, -0.25) is 9.59 Å². The van der Waals surface area contributed by atoms with Gasteiger partial charge in [-0.15, -0.1) is 11.3 Å². The van der Waals surface area contributed by atoms with E-state index in [4.69, 9.17) is 17.3 Å². The standard InChI is InChI=1S/C24H19ClF3N5O2S/c1-11-7-8-13-15(9-11)36-23(17(13)20(29)34)31-22(35)19-18(25)21-30-14(12-5-3-2-4-6-12)10-16(24(26,27)28)33(21)32-19/h2-6,10-11H,7-9H2,1H3,(H2,29,34)(H,31,35)/t11-/m1/s1. The van der Waals surface area contributed by atoms with E-state index in [0.717, 1.165) is 29.3 Å². The van der Waals surface area contributed by atoms with Crippen LogP contribution < -0.4 is 11.1 Å². The van der Waals surface area contributed by atoms with E-state index >= 15 is 0 Å². The van der Waals surface area contributed by atoms with Gasteiger partial charge in [-0.1, -0.05) is 48.9 Å². The minimum absolute atomic E-state index is 0.0280. The summed E-state index contributed by atoms with van der Waals surface area (Å²) in [5.74, 6) is -1.14. The van der Waals surface area contributed by atoms with Crippen molar-refractivity contribution in [3.63, 3.8) is 0 Å². The van der Waals surface area contributed by atoms with Crippen LogP contribution in [0.1, 0.15) is 50.3 Å². The van der Waals surface area contributed by atoms with Crippen molar-refractivity contribution in [2.75, 3.05) is 5.32 Å². The van der Waals surface area contributed by atoms with Crippen molar-refractivity contribution in [2.45, 2.75) is 32.4 Å². The van der Waals surface area contributed by atoms with Crippen LogP contribution in [-0.2, 0) is 19.0 Å². The molecule has 186 valence electrons. The lowest BCUT2D eigenvalue weighted by atomic mass is 9.88. The molecule has 3 N–H and O–H groups in total. The first-order valence-electron chi connectivity index (χ1n) is 11.0. The summed E-state index contributed by atoms with van der Waals surface area (Å²) in [7, 11) is 0. The molecule has 3 heterocycles. The van der Waals surface area contributed by atoms with Gasteiger partial charge in [0, 0.05) is 10.4 Å². The van der Waals surface area contributed by atoms with E-state index < -0.39 is 29.4 Å². The smallest absolute Gasteiger partial charge is 0.365 e. The van der Waals surface area contributed by atoms with Gasteiger partial charge in [-0.25, -0.2) is 9.50 Å². The number of hydrogen-bond donors (Lipinski definition) is 2. The first kappa shape index (κ1) is 24.3. The number of thiophene rings is 1. The second-order valence-corrected chi connectivity index (χ2v) is 10.1. The van der Waals surface area contributed by atoms with Gasteiger partial charge in [-0.2, -0.15) is 18.3 Å². The molecule has 5 rings (SSSR count). The molecule has 36 heavy (non-hydrogen) atoms. The van der Waals surface area contributed by atoms with Crippen molar-refractivity contribution in [1.29, 1.82) is 0 Å². The Morgan fingerprint density at radius 1 is 1.25 bits per heavy atom. The second-order valence-electron chi connectivity index (χ2n) is 8.66. The lowest BCUT2D eigenvalue weighted by Crippen LogP contribution is -2.20. The van der Waals surface area contributed by atoms with Gasteiger partial charge in [0.1, 0.15) is 10.0 Å². The Kier molecular flexibility index (Phi) is 6.00. The molecule has 1 aliphatic rings. The van der Waals surface area contributed by atoms with Crippen LogP contribution in [0.15, 0.2) is 36.4 Å². The Bertz CT molecular complexity index is 1510. The molecule has 0 bridgehead atoms. The van der Waals surface area contributed by atoms with E-state index in [0.29, 0.717) is 22.4 Å². The monoisotopic (exact) mass is 533 g/mol. The Balaban J connectivity index is 1.59. The summed E-state index contributed by atoms with van der Waals surface area (Å²) in [6, 6.07) is 9.15. The largest absolute Gasteiger partial charge is 0.433 e. The fraction of sp³-hybridized carbons (Fsp3) is 0.250. The molecule has 4 aromatic rings. The van der Waals surface area contributed by atoms with Gasteiger partial charge in [0.15, 0.2) is 17.0 Å². The third-order valence-corrected chi connectivity index (χ3v) is 7.61. The van der Waals surface area contributed by atoms with Crippen LogP contribution in [0.25, 0.3) is 16.9 Å². The first-order valence-corrected chi connectivity index (χ1v) is 12.2. The summed E-state index contributed by atoms with van der Waals surface area (Å²) >= 11 is 7.59. The van der Waals surface area contributed by atoms with E-state index in [1.54, 1.807) is 30.3 Å². The summed E-state index contributed by atoms with van der Waals surface area (Å²) in [5.41, 5.74) is 5.19. The van der Waals surface area contributed by atoms with Crippen LogP contribution in [0.2, 0.25) is 5.02 Å². The third kappa shape index (κ3) is 4.22. The minimum atomic E-state index is -4.80. The molecule has 0 radical (unpaired) electrons. The molecular weight excluding hydrogens is 515 g/mol. The molecule has 1 atom stereocenters. The topological polar surface area (TPSA) is 102 Å². The van der Waals surface area contributed by atoms with Crippen molar-refractivity contribution in [3.8, 4) is 11.3 Å². The number of alkyl halides is 3. The number of halogens is 4. The molecule has 3 aromatic heterocycles. The van der Waals surface area contributed by atoms with Gasteiger partial charge in [0.2, 0.25) is 0 Å². The second kappa shape index (κ2) is 8.90. The van der Waals surface area contributed by atoms with Gasteiger partial charge in [0.05, 0.1) is 11.3 Å². The molecule has 0 saturated carbocycles. The van der Waals surface area contributed by atoms with Crippen LogP contribution in [0.5, 0.6) is 0 Å². The van der Waals surface area contributed by atoms with Gasteiger partial charge >= 0.3 is 6.18 Å². The number of amides is 2. The lowest BCUT2D eigenvalue weighted by Gasteiger charge is -2.18. The van der Waals surface area contributed by atoms with Crippen LogP contribution in [0, 0.1) is 5.92 Å². The maximum Gasteiger partial charge on any atom is 0.433 e. The van der Waals surface area contributed by atoms with E-state index in [2.05, 4.69) is 22.3 Å². The summed E-state index contributed by atoms with van der Waals surface area (Å²) in [5, 5.41) is 6.34. The Hall–Kier alpha value is -3.44. The number of rotatable bonds is 4. The molecule has 1 aromatic carbocycles. The minimum Gasteiger partial charge on any atom is -0.365 e. The molecule has 12 heteroatoms. The maximum absolute atomic E-state index is 13.9. The quantitative estimate of drug-likeness (QED) is 0.356. The lowest BCUT2D eigenvalue weighted by molar-refractivity contribution is -0.142. The highest BCUT2D eigenvalue weighted by Gasteiger charge is 2.37. The number of carbonyl (C=O) groups is 2. The van der Waals surface area contributed by atoms with E-state index in [9.17, 15) is 22.8 Å². The normalized spacial score (nSPS) is 15.6. The predicted molar refractivity (Wildman–Crippen MR) is 130 cm³/mol. The number of nitrogens with one attached hydrogen (secondary N) is 1. The number of anilines is 1. The van der Waals surface area contributed by atoms with E-state index in [-0.39, 0.29) is 26.9 Å². The van der Waals surface area contributed by atoms with Gasteiger partial charge in [-0.05, 0) is 36.8 Å². The molecule has 7 nitrogen and oxygen atoms in total. The highest BCUT2D eigenvalue weighted by molar-refractivity contribution is 7.17. The van der Waals surface area contributed by atoms with E-state index in [1.165, 1.54) is 11.3 Å². The van der Waals surface area contributed by atoms with Crippen molar-refractivity contribution >= 4 is 45.4 Å². The zero-order chi connectivity index (χ0) is 25.8. The zero-order valence-electron chi connectivity index (χ0n) is 18.8. The summed E-state index contributed by atoms with van der Waals surface area (Å²) in [6.45, 7) is 2.09. The van der Waals surface area contributed by atoms with E-state index in [1.807, 2.05) is 0 Å². The maximum atomic E-state index is 13.9. The van der Waals surface area contributed by atoms with Crippen LogP contribution >= 0.6 is 22.9 Å².